The monoisotopic (exact) mass is 447 g/mol. The molecule has 0 radical (unpaired) electrons. The molecule has 2 aliphatic heterocycles. The molecule has 0 amide bonds. The average molecular weight is 446 g/mol. The number of nitro benzene ring substituents is 1. The van der Waals surface area contributed by atoms with Crippen LogP contribution in [0.2, 0.25) is 0 Å². The number of hydrogen-bond acceptors (Lipinski definition) is 6. The van der Waals surface area contributed by atoms with Gasteiger partial charge in [0.1, 0.15) is 0 Å². The maximum absolute atomic E-state index is 11.2. The molecule has 7 nitrogen and oxygen atoms in total. The van der Waals surface area contributed by atoms with Gasteiger partial charge < -0.3 is 0 Å². The number of hydrogen-bond donors (Lipinski definition) is 1. The van der Waals surface area contributed by atoms with E-state index in [1.54, 1.807) is 0 Å². The van der Waals surface area contributed by atoms with Crippen LogP contribution in [0.15, 0.2) is 30.3 Å². The van der Waals surface area contributed by atoms with Crippen molar-refractivity contribution in [3.63, 3.8) is 0 Å². The van der Waals surface area contributed by atoms with Gasteiger partial charge in [0.15, 0.2) is 0 Å². The van der Waals surface area contributed by atoms with Gasteiger partial charge in [-0.25, -0.2) is 0 Å². The molecule has 0 aromatic heterocycles. The molecule has 146 valence electrons. The van der Waals surface area contributed by atoms with Crippen LogP contribution >= 0.6 is 0 Å². The van der Waals surface area contributed by atoms with Crippen molar-refractivity contribution in [1.29, 1.82) is 0 Å². The fourth-order valence-electron chi connectivity index (χ4n) is 3.66. The van der Waals surface area contributed by atoms with Crippen LogP contribution in [-0.4, -0.2) is 50.8 Å². The van der Waals surface area contributed by atoms with E-state index in [2.05, 4.69) is 28.9 Å². The summed E-state index contributed by atoms with van der Waals surface area (Å²) in [6, 6.07) is 7.26. The Hall–Kier alpha value is -2.54. The number of ether oxygens (including phenoxy) is 1. The Balaban J connectivity index is 1.78. The Morgan fingerprint density at radius 2 is 2.07 bits per heavy atom. The van der Waals surface area contributed by atoms with Crippen LogP contribution in [0, 0.1) is 17.0 Å². The second-order valence-electron chi connectivity index (χ2n) is 7.17. The number of benzene rings is 2. The van der Waals surface area contributed by atoms with Crippen LogP contribution in [0.1, 0.15) is 16.7 Å². The standard InChI is InChI=1S/C20H21N3O4Se/c1-12-7-17-18(10-16(12)21(2)3)28-20(22(17)4)6-5-13-8-15(23(25)26)9-14(11-24)19(13)27-20/h5-10,24H,11H2,1-4H3. The Morgan fingerprint density at radius 3 is 2.71 bits per heavy atom. The number of rotatable bonds is 3. The van der Waals surface area contributed by atoms with Gasteiger partial charge in [-0.2, -0.15) is 0 Å². The predicted octanol–water partition coefficient (Wildman–Crippen LogP) is 2.00. The van der Waals surface area contributed by atoms with Crippen molar-refractivity contribution in [3.8, 4) is 5.75 Å². The number of fused-ring (bicyclic) bond motifs is 2. The fourth-order valence-corrected chi connectivity index (χ4v) is 6.35. The molecule has 0 saturated carbocycles. The van der Waals surface area contributed by atoms with E-state index in [-0.39, 0.29) is 27.3 Å². The van der Waals surface area contributed by atoms with Gasteiger partial charge in [0.25, 0.3) is 0 Å². The van der Waals surface area contributed by atoms with Crippen LogP contribution in [0.25, 0.3) is 6.08 Å². The van der Waals surface area contributed by atoms with Gasteiger partial charge >= 0.3 is 169 Å². The first-order valence-corrected chi connectivity index (χ1v) is 10.5. The van der Waals surface area contributed by atoms with E-state index in [4.69, 9.17) is 4.74 Å². The zero-order valence-electron chi connectivity index (χ0n) is 16.1. The summed E-state index contributed by atoms with van der Waals surface area (Å²) in [5.41, 5.74) is 4.50. The molecule has 2 aliphatic rings. The third kappa shape index (κ3) is 2.76. The van der Waals surface area contributed by atoms with Gasteiger partial charge in [-0.3, -0.25) is 0 Å². The summed E-state index contributed by atoms with van der Waals surface area (Å²) in [5.74, 6) is 0.515. The van der Waals surface area contributed by atoms with Gasteiger partial charge in [-0.15, -0.1) is 0 Å². The predicted molar refractivity (Wildman–Crippen MR) is 111 cm³/mol. The number of anilines is 2. The van der Waals surface area contributed by atoms with Crippen molar-refractivity contribution < 1.29 is 14.8 Å². The second-order valence-corrected chi connectivity index (χ2v) is 9.74. The van der Waals surface area contributed by atoms with Crippen molar-refractivity contribution in [1.82, 2.24) is 0 Å². The molecule has 2 heterocycles. The molecule has 0 fully saturated rings. The maximum atomic E-state index is 11.2. The molecule has 0 saturated heterocycles. The van der Waals surface area contributed by atoms with Crippen LogP contribution in [0.3, 0.4) is 0 Å². The third-order valence-corrected chi connectivity index (χ3v) is 7.92. The second kappa shape index (κ2) is 6.51. The van der Waals surface area contributed by atoms with E-state index in [0.29, 0.717) is 16.9 Å². The topological polar surface area (TPSA) is 79.1 Å². The zero-order valence-corrected chi connectivity index (χ0v) is 17.8. The summed E-state index contributed by atoms with van der Waals surface area (Å²) in [4.78, 5) is 14.9. The molecule has 4 rings (SSSR count). The van der Waals surface area contributed by atoms with Gasteiger partial charge in [-0.05, 0) is 0 Å². The number of nitro groups is 1. The number of aliphatic hydroxyl groups is 1. The molecular weight excluding hydrogens is 425 g/mol. The number of nitrogens with zero attached hydrogens (tertiary/aromatic N) is 3. The van der Waals surface area contributed by atoms with Crippen molar-refractivity contribution >= 4 is 42.6 Å². The van der Waals surface area contributed by atoms with E-state index in [0.717, 1.165) is 5.69 Å². The van der Waals surface area contributed by atoms with E-state index in [1.165, 1.54) is 27.8 Å². The first kappa shape index (κ1) is 18.8. The minimum absolute atomic E-state index is 0.0434. The molecule has 1 atom stereocenters. The Morgan fingerprint density at radius 1 is 1.32 bits per heavy atom. The number of aryl methyl sites for hydroxylation is 1. The number of aliphatic hydroxyl groups excluding tert-OH is 1. The zero-order chi connectivity index (χ0) is 20.2. The molecular formula is C20H21N3O4Se. The summed E-state index contributed by atoms with van der Waals surface area (Å²) < 4.78 is 7.03. The third-order valence-electron chi connectivity index (χ3n) is 5.13. The van der Waals surface area contributed by atoms with Gasteiger partial charge in [0.05, 0.1) is 0 Å². The molecule has 0 aliphatic carbocycles. The quantitative estimate of drug-likeness (QED) is 0.442. The average Bonchev–Trinajstić information content (AvgIpc) is 2.91. The molecule has 1 N–H and O–H groups in total. The molecule has 1 spiro atoms. The summed E-state index contributed by atoms with van der Waals surface area (Å²) in [5, 5.41) is 20.9. The van der Waals surface area contributed by atoms with E-state index in [9.17, 15) is 15.2 Å². The first-order valence-electron chi connectivity index (χ1n) is 8.81. The fraction of sp³-hybridized carbons (Fsp3) is 0.300. The van der Waals surface area contributed by atoms with Crippen LogP contribution < -0.4 is 19.0 Å². The molecule has 1 unspecified atom stereocenters. The minimum atomic E-state index is -0.653. The van der Waals surface area contributed by atoms with Gasteiger partial charge in [0, 0.05) is 0 Å². The molecule has 0 bridgehead atoms. The van der Waals surface area contributed by atoms with E-state index < -0.39 is 9.55 Å². The summed E-state index contributed by atoms with van der Waals surface area (Å²) in [6.07, 6.45) is 3.85. The SMILES string of the molecule is Cc1cc2c(cc1N(C)C)[Se]C1(C=Cc3cc([N+](=O)[O-])cc(CO)c3O1)N2C. The van der Waals surface area contributed by atoms with Crippen LogP contribution in [0.5, 0.6) is 5.75 Å². The normalized spacial score (nSPS) is 19.4. The van der Waals surface area contributed by atoms with Gasteiger partial charge in [0.2, 0.25) is 0 Å². The van der Waals surface area contributed by atoms with Gasteiger partial charge in [-0.1, -0.05) is 0 Å². The van der Waals surface area contributed by atoms with Crippen molar-refractivity contribution in [2.45, 2.75) is 18.2 Å². The Kier molecular flexibility index (Phi) is 4.37. The van der Waals surface area contributed by atoms with E-state index >= 15 is 0 Å². The van der Waals surface area contributed by atoms with Crippen molar-refractivity contribution in [2.75, 3.05) is 30.9 Å². The Bertz CT molecular complexity index is 1020. The molecule has 2 aromatic carbocycles. The van der Waals surface area contributed by atoms with E-state index in [1.807, 2.05) is 33.3 Å². The Labute approximate surface area is 169 Å². The van der Waals surface area contributed by atoms with Crippen molar-refractivity contribution in [2.24, 2.45) is 0 Å². The summed E-state index contributed by atoms with van der Waals surface area (Å²) >= 11 is -0.0434. The first-order chi connectivity index (χ1) is 13.3. The molecule has 2 aromatic rings. The summed E-state index contributed by atoms with van der Waals surface area (Å²) in [6.45, 7) is 1.78. The number of non-ortho nitro benzene ring substituents is 1. The number of likely N-dealkylation sites (N-methyl/N-ethyl adjacent to an activating group) is 1. The van der Waals surface area contributed by atoms with Crippen LogP contribution in [-0.2, 0) is 6.61 Å². The van der Waals surface area contributed by atoms with Crippen LogP contribution in [0.4, 0.5) is 17.1 Å². The van der Waals surface area contributed by atoms with Crippen molar-refractivity contribution in [3.05, 3.63) is 57.1 Å². The molecule has 28 heavy (non-hydrogen) atoms. The summed E-state index contributed by atoms with van der Waals surface area (Å²) in [7, 11) is 6.06. The molecule has 8 heteroatoms.